The van der Waals surface area contributed by atoms with E-state index in [2.05, 4.69) is 4.99 Å². The van der Waals surface area contributed by atoms with E-state index >= 15 is 0 Å². The highest BCUT2D eigenvalue weighted by Gasteiger charge is 2.24. The number of cyclic esters (lactones) is 1. The fourth-order valence-corrected chi connectivity index (χ4v) is 2.28. The van der Waals surface area contributed by atoms with Crippen LogP contribution in [-0.4, -0.2) is 24.9 Å². The van der Waals surface area contributed by atoms with Gasteiger partial charge in [-0.05, 0) is 42.0 Å². The van der Waals surface area contributed by atoms with Gasteiger partial charge in [0.15, 0.2) is 5.70 Å². The number of carbonyl (C=O) groups excluding carboxylic acids is 2. The van der Waals surface area contributed by atoms with Gasteiger partial charge in [-0.1, -0.05) is 18.2 Å². The highest BCUT2D eigenvalue weighted by molar-refractivity contribution is 6.13. The second-order valence-corrected chi connectivity index (χ2v) is 5.23. The summed E-state index contributed by atoms with van der Waals surface area (Å²) in [6.45, 7) is 1.32. The van der Waals surface area contributed by atoms with Crippen LogP contribution in [0, 0.1) is 0 Å². The number of carbonyl (C=O) groups is 2. The van der Waals surface area contributed by atoms with Crippen LogP contribution in [0.2, 0.25) is 0 Å². The van der Waals surface area contributed by atoms with Crippen molar-refractivity contribution in [2.45, 2.75) is 6.92 Å². The van der Waals surface area contributed by atoms with Crippen LogP contribution in [0.25, 0.3) is 6.08 Å². The van der Waals surface area contributed by atoms with Crippen molar-refractivity contribution in [2.24, 2.45) is 4.99 Å². The molecule has 0 bridgehead atoms. The molecule has 6 nitrogen and oxygen atoms in total. The molecule has 0 aliphatic carbocycles. The zero-order valence-electron chi connectivity index (χ0n) is 13.7. The molecule has 2 aromatic rings. The second kappa shape index (κ2) is 7.00. The molecule has 3 rings (SSSR count). The predicted molar refractivity (Wildman–Crippen MR) is 91.4 cm³/mol. The topological polar surface area (TPSA) is 74.2 Å². The van der Waals surface area contributed by atoms with Crippen LogP contribution in [0.1, 0.15) is 18.1 Å². The summed E-state index contributed by atoms with van der Waals surface area (Å²) in [6, 6.07) is 13.9. The van der Waals surface area contributed by atoms with E-state index in [-0.39, 0.29) is 11.6 Å². The van der Waals surface area contributed by atoms with E-state index in [0.29, 0.717) is 22.6 Å². The van der Waals surface area contributed by atoms with Gasteiger partial charge < -0.3 is 14.2 Å². The molecule has 0 N–H and O–H groups in total. The summed E-state index contributed by atoms with van der Waals surface area (Å²) in [5, 5.41) is 0. The summed E-state index contributed by atoms with van der Waals surface area (Å²) in [4.78, 5) is 27.3. The SMILES string of the molecule is COc1cccc(C2=N/C(=C/c3cccc(OC(C)=O)c3)C(=O)O2)c1. The number of rotatable bonds is 4. The largest absolute Gasteiger partial charge is 0.497 e. The van der Waals surface area contributed by atoms with Crippen LogP contribution < -0.4 is 9.47 Å². The minimum atomic E-state index is -0.546. The van der Waals surface area contributed by atoms with Crippen LogP contribution in [0.4, 0.5) is 0 Å². The van der Waals surface area contributed by atoms with Gasteiger partial charge in [0, 0.05) is 12.5 Å². The third-order valence-electron chi connectivity index (χ3n) is 3.36. The van der Waals surface area contributed by atoms with Gasteiger partial charge in [-0.15, -0.1) is 0 Å². The summed E-state index contributed by atoms with van der Waals surface area (Å²) in [5.74, 6) is 0.290. The molecule has 0 saturated heterocycles. The summed E-state index contributed by atoms with van der Waals surface area (Å²) >= 11 is 0. The van der Waals surface area contributed by atoms with Gasteiger partial charge in [-0.25, -0.2) is 9.79 Å². The number of esters is 2. The lowest BCUT2D eigenvalue weighted by Crippen LogP contribution is -2.05. The Labute approximate surface area is 144 Å². The zero-order chi connectivity index (χ0) is 17.8. The minimum absolute atomic E-state index is 0.165. The monoisotopic (exact) mass is 337 g/mol. The Balaban J connectivity index is 1.89. The molecule has 0 aromatic heterocycles. The minimum Gasteiger partial charge on any atom is -0.497 e. The van der Waals surface area contributed by atoms with Crippen molar-refractivity contribution in [3.8, 4) is 11.5 Å². The summed E-state index contributed by atoms with van der Waals surface area (Å²) in [6.07, 6.45) is 1.57. The predicted octanol–water partition coefficient (Wildman–Crippen LogP) is 2.97. The summed E-state index contributed by atoms with van der Waals surface area (Å²) in [5.41, 5.74) is 1.48. The van der Waals surface area contributed by atoms with Gasteiger partial charge >= 0.3 is 11.9 Å². The van der Waals surface area contributed by atoms with Gasteiger partial charge in [0.25, 0.3) is 0 Å². The number of benzene rings is 2. The van der Waals surface area contributed by atoms with Gasteiger partial charge in [-0.3, -0.25) is 4.79 Å². The number of aliphatic imine (C=N–C) groups is 1. The van der Waals surface area contributed by atoms with E-state index in [1.807, 2.05) is 0 Å². The van der Waals surface area contributed by atoms with Crippen molar-refractivity contribution >= 4 is 23.9 Å². The second-order valence-electron chi connectivity index (χ2n) is 5.23. The molecule has 0 radical (unpaired) electrons. The van der Waals surface area contributed by atoms with E-state index in [1.165, 1.54) is 6.92 Å². The Morgan fingerprint density at radius 2 is 1.88 bits per heavy atom. The molecule has 6 heteroatoms. The van der Waals surface area contributed by atoms with E-state index < -0.39 is 11.9 Å². The highest BCUT2D eigenvalue weighted by Crippen LogP contribution is 2.23. The number of ether oxygens (including phenoxy) is 3. The number of nitrogens with zero attached hydrogens (tertiary/aromatic N) is 1. The molecule has 1 heterocycles. The molecule has 0 spiro atoms. The Bertz CT molecular complexity index is 898. The zero-order valence-corrected chi connectivity index (χ0v) is 13.7. The van der Waals surface area contributed by atoms with Crippen molar-refractivity contribution < 1.29 is 23.8 Å². The Morgan fingerprint density at radius 1 is 1.12 bits per heavy atom. The van der Waals surface area contributed by atoms with Gasteiger partial charge in [-0.2, -0.15) is 0 Å². The smallest absolute Gasteiger partial charge is 0.363 e. The molecular formula is C19H15NO5. The lowest BCUT2D eigenvalue weighted by atomic mass is 10.2. The summed E-state index contributed by atoms with van der Waals surface area (Å²) in [7, 11) is 1.56. The molecular weight excluding hydrogens is 322 g/mol. The van der Waals surface area contributed by atoms with Gasteiger partial charge in [0.1, 0.15) is 11.5 Å². The molecule has 126 valence electrons. The molecule has 0 saturated carbocycles. The lowest BCUT2D eigenvalue weighted by molar-refractivity contribution is -0.132. The van der Waals surface area contributed by atoms with Crippen LogP contribution in [-0.2, 0) is 14.3 Å². The first-order valence-electron chi connectivity index (χ1n) is 7.50. The van der Waals surface area contributed by atoms with Crippen molar-refractivity contribution in [3.63, 3.8) is 0 Å². The van der Waals surface area contributed by atoms with E-state index in [0.717, 1.165) is 0 Å². The molecule has 0 amide bonds. The Kier molecular flexibility index (Phi) is 4.61. The van der Waals surface area contributed by atoms with Crippen molar-refractivity contribution in [1.82, 2.24) is 0 Å². The maximum atomic E-state index is 12.1. The number of hydrogen-bond donors (Lipinski definition) is 0. The van der Waals surface area contributed by atoms with Crippen molar-refractivity contribution in [2.75, 3.05) is 7.11 Å². The first kappa shape index (κ1) is 16.4. The van der Waals surface area contributed by atoms with E-state index in [9.17, 15) is 9.59 Å². The van der Waals surface area contributed by atoms with Crippen molar-refractivity contribution in [1.29, 1.82) is 0 Å². The number of methoxy groups -OCH3 is 1. The maximum Gasteiger partial charge on any atom is 0.363 e. The first-order chi connectivity index (χ1) is 12.0. The maximum absolute atomic E-state index is 12.1. The quantitative estimate of drug-likeness (QED) is 0.487. The molecule has 0 atom stereocenters. The molecule has 2 aromatic carbocycles. The van der Waals surface area contributed by atoms with Crippen LogP contribution in [0.5, 0.6) is 11.5 Å². The van der Waals surface area contributed by atoms with Gasteiger partial charge in [0.2, 0.25) is 5.90 Å². The average Bonchev–Trinajstić information content (AvgIpc) is 2.95. The number of hydrogen-bond acceptors (Lipinski definition) is 6. The fourth-order valence-electron chi connectivity index (χ4n) is 2.28. The Morgan fingerprint density at radius 3 is 2.64 bits per heavy atom. The van der Waals surface area contributed by atoms with Crippen LogP contribution in [0.3, 0.4) is 0 Å². The Hall–Kier alpha value is -3.41. The average molecular weight is 337 g/mol. The van der Waals surface area contributed by atoms with Crippen LogP contribution in [0.15, 0.2) is 59.2 Å². The van der Waals surface area contributed by atoms with E-state index in [4.69, 9.17) is 14.2 Å². The standard InChI is InChI=1S/C19H15NO5/c1-12(21)24-16-8-3-5-13(9-16)10-17-19(22)25-18(20-17)14-6-4-7-15(11-14)23-2/h3-11H,1-2H3/b17-10+. The molecule has 1 aliphatic rings. The molecule has 0 fully saturated rings. The lowest BCUT2D eigenvalue weighted by Gasteiger charge is -2.02. The van der Waals surface area contributed by atoms with Gasteiger partial charge in [0.05, 0.1) is 7.11 Å². The third-order valence-corrected chi connectivity index (χ3v) is 3.36. The summed E-state index contributed by atoms with van der Waals surface area (Å²) < 4.78 is 15.4. The third kappa shape index (κ3) is 3.92. The van der Waals surface area contributed by atoms with Crippen LogP contribution >= 0.6 is 0 Å². The highest BCUT2D eigenvalue weighted by atomic mass is 16.6. The molecule has 0 unspecified atom stereocenters. The first-order valence-corrected chi connectivity index (χ1v) is 7.50. The van der Waals surface area contributed by atoms with E-state index in [1.54, 1.807) is 61.7 Å². The molecule has 1 aliphatic heterocycles. The molecule has 25 heavy (non-hydrogen) atoms. The van der Waals surface area contributed by atoms with Crippen molar-refractivity contribution in [3.05, 3.63) is 65.4 Å². The fraction of sp³-hybridized carbons (Fsp3) is 0.105. The normalized spacial score (nSPS) is 14.9.